The molecule has 0 spiro atoms. The molecule has 1 aliphatic carbocycles. The van der Waals surface area contributed by atoms with E-state index < -0.39 is 17.3 Å². The van der Waals surface area contributed by atoms with Crippen molar-refractivity contribution in [2.24, 2.45) is 17.3 Å². The number of aromatic nitrogens is 2. The monoisotopic (exact) mass is 338 g/mol. The molecule has 2 N–H and O–H groups in total. The fraction of sp³-hybridized carbons (Fsp3) is 0.333. The summed E-state index contributed by atoms with van der Waals surface area (Å²) >= 11 is 0. The van der Waals surface area contributed by atoms with Crippen molar-refractivity contribution >= 4 is 23.3 Å². The number of hydrogen-bond acceptors (Lipinski definition) is 4. The molecule has 1 aliphatic heterocycles. The lowest BCUT2D eigenvalue weighted by atomic mass is 9.92. The number of nitrogens with one attached hydrogen (secondary N) is 2. The highest BCUT2D eigenvalue weighted by Crippen LogP contribution is 2.62. The van der Waals surface area contributed by atoms with E-state index in [2.05, 4.69) is 15.6 Å². The molecule has 1 aromatic heterocycles. The van der Waals surface area contributed by atoms with E-state index in [0.29, 0.717) is 24.3 Å². The molecule has 0 radical (unpaired) electrons. The molecule has 1 fully saturated rings. The van der Waals surface area contributed by atoms with Gasteiger partial charge in [0.1, 0.15) is 0 Å². The SMILES string of the molecule is C[C@]12C(=O)c3ccccc3NC(=O)[C@H]1[C@H]2C(=O)NCCn1ccnc1. The van der Waals surface area contributed by atoms with Gasteiger partial charge in [-0.1, -0.05) is 19.1 Å². The second kappa shape index (κ2) is 5.54. The van der Waals surface area contributed by atoms with Crippen LogP contribution in [0.4, 0.5) is 5.69 Å². The Morgan fingerprint density at radius 2 is 2.16 bits per heavy atom. The number of carbonyl (C=O) groups excluding carboxylic acids is 3. The number of carbonyl (C=O) groups is 3. The van der Waals surface area contributed by atoms with Crippen LogP contribution in [-0.2, 0) is 16.1 Å². The van der Waals surface area contributed by atoms with E-state index in [1.165, 1.54) is 0 Å². The number of Topliss-reactive ketones (excluding diaryl/α,β-unsaturated/α-hetero) is 1. The number of fused-ring (bicyclic) bond motifs is 2. The Balaban J connectivity index is 1.50. The minimum absolute atomic E-state index is 0.152. The van der Waals surface area contributed by atoms with Crippen LogP contribution in [0.2, 0.25) is 0 Å². The van der Waals surface area contributed by atoms with Crippen molar-refractivity contribution in [2.45, 2.75) is 13.5 Å². The Morgan fingerprint density at radius 1 is 1.36 bits per heavy atom. The van der Waals surface area contributed by atoms with E-state index in [4.69, 9.17) is 0 Å². The maximum absolute atomic E-state index is 12.9. The van der Waals surface area contributed by atoms with Gasteiger partial charge < -0.3 is 15.2 Å². The highest BCUT2D eigenvalue weighted by atomic mass is 16.2. The van der Waals surface area contributed by atoms with Crippen LogP contribution in [0.15, 0.2) is 43.0 Å². The average molecular weight is 338 g/mol. The molecule has 25 heavy (non-hydrogen) atoms. The molecule has 2 aromatic rings. The lowest BCUT2D eigenvalue weighted by Crippen LogP contribution is -2.32. The highest BCUT2D eigenvalue weighted by molar-refractivity contribution is 6.19. The summed E-state index contributed by atoms with van der Waals surface area (Å²) in [4.78, 5) is 41.9. The lowest BCUT2D eigenvalue weighted by molar-refractivity contribution is -0.125. The average Bonchev–Trinajstić information content (AvgIpc) is 2.97. The normalized spacial score (nSPS) is 26.9. The van der Waals surface area contributed by atoms with Gasteiger partial charge in [-0.2, -0.15) is 0 Å². The molecule has 2 heterocycles. The van der Waals surface area contributed by atoms with Crippen LogP contribution in [0.3, 0.4) is 0 Å². The highest BCUT2D eigenvalue weighted by Gasteiger charge is 2.73. The number of hydrogen-bond donors (Lipinski definition) is 2. The molecule has 128 valence electrons. The summed E-state index contributed by atoms with van der Waals surface area (Å²) in [6.45, 7) is 2.71. The smallest absolute Gasteiger partial charge is 0.229 e. The van der Waals surface area contributed by atoms with Gasteiger partial charge >= 0.3 is 0 Å². The first-order valence-electron chi connectivity index (χ1n) is 8.21. The molecule has 0 bridgehead atoms. The van der Waals surface area contributed by atoms with Crippen LogP contribution in [-0.4, -0.2) is 33.7 Å². The fourth-order valence-electron chi connectivity index (χ4n) is 3.77. The summed E-state index contributed by atoms with van der Waals surface area (Å²) in [6.07, 6.45) is 5.15. The summed E-state index contributed by atoms with van der Waals surface area (Å²) < 4.78 is 1.85. The van der Waals surface area contributed by atoms with Gasteiger partial charge in [0.2, 0.25) is 11.8 Å². The Morgan fingerprint density at radius 3 is 2.92 bits per heavy atom. The number of ketones is 1. The van der Waals surface area contributed by atoms with Crippen LogP contribution in [0.25, 0.3) is 0 Å². The van der Waals surface area contributed by atoms with Crippen LogP contribution in [0.1, 0.15) is 17.3 Å². The summed E-state index contributed by atoms with van der Waals surface area (Å²) in [6, 6.07) is 6.93. The first-order valence-corrected chi connectivity index (χ1v) is 8.21. The number of para-hydroxylation sites is 1. The van der Waals surface area contributed by atoms with E-state index in [1.807, 2.05) is 10.8 Å². The molecule has 7 heteroatoms. The standard InChI is InChI=1S/C18H18N4O3/c1-18-13(16(24)20-7-9-22-8-6-19-10-22)14(18)17(25)21-12-5-3-2-4-11(12)15(18)23/h2-6,8,10,13-14H,7,9H2,1H3,(H,20,24)(H,21,25)/t13-,14+,18+/m0/s1. The van der Waals surface area contributed by atoms with Crippen LogP contribution in [0, 0.1) is 17.3 Å². The van der Waals surface area contributed by atoms with Gasteiger partial charge in [-0.25, -0.2) is 4.98 Å². The molecule has 1 aromatic carbocycles. The van der Waals surface area contributed by atoms with Crippen molar-refractivity contribution < 1.29 is 14.4 Å². The van der Waals surface area contributed by atoms with Gasteiger partial charge in [0, 0.05) is 31.0 Å². The molecule has 4 rings (SSSR count). The third kappa shape index (κ3) is 2.34. The van der Waals surface area contributed by atoms with Crippen LogP contribution >= 0.6 is 0 Å². The second-order valence-electron chi connectivity index (χ2n) is 6.69. The number of rotatable bonds is 4. The summed E-state index contributed by atoms with van der Waals surface area (Å²) in [5.41, 5.74) is 0.00947. The van der Waals surface area contributed by atoms with Gasteiger partial charge in [0.15, 0.2) is 5.78 Å². The zero-order chi connectivity index (χ0) is 17.6. The lowest BCUT2D eigenvalue weighted by Gasteiger charge is -2.12. The molecule has 2 amide bonds. The van der Waals surface area contributed by atoms with Gasteiger partial charge in [0.05, 0.1) is 29.3 Å². The summed E-state index contributed by atoms with van der Waals surface area (Å²) in [5, 5.41) is 5.61. The number of nitrogens with zero attached hydrogens (tertiary/aromatic N) is 2. The Labute approximate surface area is 144 Å². The minimum Gasteiger partial charge on any atom is -0.354 e. The van der Waals surface area contributed by atoms with Crippen molar-refractivity contribution in [3.8, 4) is 0 Å². The molecule has 1 saturated carbocycles. The van der Waals surface area contributed by atoms with Crippen molar-refractivity contribution in [3.63, 3.8) is 0 Å². The van der Waals surface area contributed by atoms with Gasteiger partial charge in [-0.3, -0.25) is 14.4 Å². The first-order chi connectivity index (χ1) is 12.0. The van der Waals surface area contributed by atoms with Crippen LogP contribution < -0.4 is 10.6 Å². The predicted octanol–water partition coefficient (Wildman–Crippen LogP) is 1.09. The summed E-state index contributed by atoms with van der Waals surface area (Å²) in [7, 11) is 0. The first kappa shape index (κ1) is 15.6. The molecule has 3 atom stereocenters. The predicted molar refractivity (Wildman–Crippen MR) is 89.7 cm³/mol. The van der Waals surface area contributed by atoms with E-state index in [0.717, 1.165) is 0 Å². The number of amides is 2. The topological polar surface area (TPSA) is 93.1 Å². The Bertz CT molecular complexity index is 861. The Hall–Kier alpha value is -2.96. The zero-order valence-electron chi connectivity index (χ0n) is 13.7. The second-order valence-corrected chi connectivity index (χ2v) is 6.69. The molecular formula is C18H18N4O3. The fourth-order valence-corrected chi connectivity index (χ4v) is 3.77. The van der Waals surface area contributed by atoms with E-state index in [-0.39, 0.29) is 17.6 Å². The molecular weight excluding hydrogens is 320 g/mol. The van der Waals surface area contributed by atoms with Crippen molar-refractivity contribution in [2.75, 3.05) is 11.9 Å². The van der Waals surface area contributed by atoms with Crippen LogP contribution in [0.5, 0.6) is 0 Å². The van der Waals surface area contributed by atoms with Gasteiger partial charge in [-0.05, 0) is 12.1 Å². The third-order valence-electron chi connectivity index (χ3n) is 5.23. The minimum atomic E-state index is -0.976. The van der Waals surface area contributed by atoms with E-state index in [9.17, 15) is 14.4 Å². The van der Waals surface area contributed by atoms with E-state index in [1.54, 1.807) is 43.7 Å². The van der Waals surface area contributed by atoms with Gasteiger partial charge in [0.25, 0.3) is 0 Å². The van der Waals surface area contributed by atoms with E-state index >= 15 is 0 Å². The maximum atomic E-state index is 12.9. The zero-order valence-corrected chi connectivity index (χ0v) is 13.7. The quantitative estimate of drug-likeness (QED) is 0.873. The summed E-state index contributed by atoms with van der Waals surface area (Å²) in [5.74, 6) is -1.93. The number of benzene rings is 1. The molecule has 2 aliphatic rings. The number of anilines is 1. The van der Waals surface area contributed by atoms with Gasteiger partial charge in [-0.15, -0.1) is 0 Å². The molecule has 7 nitrogen and oxygen atoms in total. The molecule has 0 saturated heterocycles. The third-order valence-corrected chi connectivity index (χ3v) is 5.23. The number of imidazole rings is 1. The van der Waals surface area contributed by atoms with Crippen molar-refractivity contribution in [3.05, 3.63) is 48.5 Å². The largest absolute Gasteiger partial charge is 0.354 e. The van der Waals surface area contributed by atoms with Crippen molar-refractivity contribution in [1.82, 2.24) is 14.9 Å². The van der Waals surface area contributed by atoms with Crippen molar-refractivity contribution in [1.29, 1.82) is 0 Å². The Kier molecular flexibility index (Phi) is 3.45. The maximum Gasteiger partial charge on any atom is 0.229 e. The molecule has 0 unspecified atom stereocenters.